The predicted octanol–water partition coefficient (Wildman–Crippen LogP) is 3.80. The third-order valence-corrected chi connectivity index (χ3v) is 5.59. The second-order valence-corrected chi connectivity index (χ2v) is 7.79. The Labute approximate surface area is 152 Å². The summed E-state index contributed by atoms with van der Waals surface area (Å²) in [5.74, 6) is 4.22. The minimum Gasteiger partial charge on any atom is -0.464 e. The van der Waals surface area contributed by atoms with Gasteiger partial charge in [-0.05, 0) is 49.4 Å². The van der Waals surface area contributed by atoms with E-state index < -0.39 is 0 Å². The van der Waals surface area contributed by atoms with Gasteiger partial charge in [-0.2, -0.15) is 0 Å². The molecule has 2 aromatic heterocycles. The summed E-state index contributed by atoms with van der Waals surface area (Å²) in [6.45, 7) is 3.67. The first-order valence-electron chi connectivity index (χ1n) is 9.48. The van der Waals surface area contributed by atoms with E-state index in [4.69, 9.17) is 4.42 Å². The highest BCUT2D eigenvalue weighted by molar-refractivity contribution is 5.77. The van der Waals surface area contributed by atoms with Gasteiger partial charge in [-0.3, -0.25) is 9.69 Å². The molecule has 0 spiro atoms. The van der Waals surface area contributed by atoms with Gasteiger partial charge in [0.25, 0.3) is 5.56 Å². The second kappa shape index (κ2) is 6.09. The zero-order chi connectivity index (χ0) is 17.7. The topological polar surface area (TPSA) is 62.1 Å². The van der Waals surface area contributed by atoms with E-state index in [1.54, 1.807) is 0 Å². The number of H-pyrrole nitrogens is 1. The zero-order valence-corrected chi connectivity index (χ0v) is 14.9. The molecule has 3 aromatic rings. The van der Waals surface area contributed by atoms with Crippen LogP contribution in [-0.2, 0) is 13.1 Å². The number of furan rings is 1. The molecule has 0 aliphatic heterocycles. The number of hydrogen-bond acceptors (Lipinski definition) is 4. The van der Waals surface area contributed by atoms with Crippen LogP contribution in [-0.4, -0.2) is 20.9 Å². The van der Waals surface area contributed by atoms with Gasteiger partial charge in [-0.15, -0.1) is 0 Å². The average molecular weight is 349 g/mol. The van der Waals surface area contributed by atoms with Gasteiger partial charge in [-0.1, -0.05) is 19.1 Å². The maximum Gasteiger partial charge on any atom is 0.258 e. The summed E-state index contributed by atoms with van der Waals surface area (Å²) < 4.78 is 6.08. The van der Waals surface area contributed by atoms with Crippen molar-refractivity contribution in [1.82, 2.24) is 14.9 Å². The molecule has 5 nitrogen and oxygen atoms in total. The van der Waals surface area contributed by atoms with E-state index >= 15 is 0 Å². The lowest BCUT2D eigenvalue weighted by atomic mass is 10.2. The fourth-order valence-electron chi connectivity index (χ4n) is 3.75. The van der Waals surface area contributed by atoms with E-state index in [9.17, 15) is 4.79 Å². The maximum absolute atomic E-state index is 12.3. The van der Waals surface area contributed by atoms with Crippen LogP contribution in [0.25, 0.3) is 10.9 Å². The molecule has 26 heavy (non-hydrogen) atoms. The Hall–Kier alpha value is -2.40. The third-order valence-electron chi connectivity index (χ3n) is 5.59. The average Bonchev–Trinajstić information content (AvgIpc) is 3.55. The summed E-state index contributed by atoms with van der Waals surface area (Å²) in [4.78, 5) is 22.3. The Kier molecular flexibility index (Phi) is 3.71. The zero-order valence-electron chi connectivity index (χ0n) is 14.9. The van der Waals surface area contributed by atoms with Gasteiger partial charge in [-0.25, -0.2) is 4.98 Å². The molecule has 0 unspecified atom stereocenters. The van der Waals surface area contributed by atoms with Gasteiger partial charge >= 0.3 is 0 Å². The predicted molar refractivity (Wildman–Crippen MR) is 99.9 cm³/mol. The minimum atomic E-state index is -0.0654. The van der Waals surface area contributed by atoms with Gasteiger partial charge in [0.05, 0.1) is 24.0 Å². The van der Waals surface area contributed by atoms with Gasteiger partial charge in [0.1, 0.15) is 17.3 Å². The first kappa shape index (κ1) is 15.8. The molecular weight excluding hydrogens is 326 g/mol. The molecule has 2 saturated carbocycles. The molecule has 2 atom stereocenters. The highest BCUT2D eigenvalue weighted by Gasteiger charge is 2.37. The van der Waals surface area contributed by atoms with Crippen LogP contribution in [0.1, 0.15) is 49.4 Å². The fourth-order valence-corrected chi connectivity index (χ4v) is 3.75. The van der Waals surface area contributed by atoms with Crippen LogP contribution in [0.2, 0.25) is 0 Å². The van der Waals surface area contributed by atoms with Crippen molar-refractivity contribution in [2.24, 2.45) is 5.92 Å². The summed E-state index contributed by atoms with van der Waals surface area (Å²) >= 11 is 0. The SMILES string of the molecule is C[C@H]1C[C@@H]1c1ccc(CN(Cc2nc3ccccc3c(=O)[nH]2)C2CC2)o1. The first-order chi connectivity index (χ1) is 12.7. The summed E-state index contributed by atoms with van der Waals surface area (Å²) in [5, 5.41) is 0.642. The molecule has 0 amide bonds. The molecule has 2 aliphatic rings. The van der Waals surface area contributed by atoms with Crippen molar-refractivity contribution >= 4 is 10.9 Å². The van der Waals surface area contributed by atoms with Gasteiger partial charge in [0.15, 0.2) is 0 Å². The minimum absolute atomic E-state index is 0.0654. The van der Waals surface area contributed by atoms with Crippen LogP contribution < -0.4 is 5.56 Å². The van der Waals surface area contributed by atoms with Crippen molar-refractivity contribution < 1.29 is 4.42 Å². The van der Waals surface area contributed by atoms with Gasteiger partial charge in [0.2, 0.25) is 0 Å². The Balaban J connectivity index is 1.36. The van der Waals surface area contributed by atoms with Gasteiger partial charge in [0, 0.05) is 12.0 Å². The number of rotatable bonds is 6. The third kappa shape index (κ3) is 3.07. The Morgan fingerprint density at radius 3 is 2.77 bits per heavy atom. The molecule has 2 heterocycles. The number of benzene rings is 1. The van der Waals surface area contributed by atoms with E-state index in [0.29, 0.717) is 23.9 Å². The summed E-state index contributed by atoms with van der Waals surface area (Å²) in [5.41, 5.74) is 0.689. The summed E-state index contributed by atoms with van der Waals surface area (Å²) in [6.07, 6.45) is 3.64. The van der Waals surface area contributed by atoms with Crippen LogP contribution in [0.4, 0.5) is 0 Å². The van der Waals surface area contributed by atoms with E-state index in [-0.39, 0.29) is 5.56 Å². The second-order valence-electron chi connectivity index (χ2n) is 7.79. The lowest BCUT2D eigenvalue weighted by Crippen LogP contribution is -2.27. The van der Waals surface area contributed by atoms with Crippen molar-refractivity contribution in [3.05, 3.63) is 64.1 Å². The molecule has 1 N–H and O–H groups in total. The van der Waals surface area contributed by atoms with Crippen molar-refractivity contribution in [2.45, 2.75) is 51.2 Å². The number of aromatic amines is 1. The molecule has 0 bridgehead atoms. The monoisotopic (exact) mass is 349 g/mol. The lowest BCUT2D eigenvalue weighted by molar-refractivity contribution is 0.218. The van der Waals surface area contributed by atoms with Crippen LogP contribution >= 0.6 is 0 Å². The normalized spacial score (nSPS) is 22.2. The highest BCUT2D eigenvalue weighted by Crippen LogP contribution is 2.47. The quantitative estimate of drug-likeness (QED) is 0.735. The van der Waals surface area contributed by atoms with Crippen LogP contribution in [0.15, 0.2) is 45.6 Å². The number of hydrogen-bond donors (Lipinski definition) is 1. The molecule has 5 rings (SSSR count). The van der Waals surface area contributed by atoms with Crippen LogP contribution in [0, 0.1) is 5.92 Å². The Morgan fingerprint density at radius 2 is 2.00 bits per heavy atom. The van der Waals surface area contributed by atoms with E-state index in [0.717, 1.165) is 35.3 Å². The molecule has 1 aromatic carbocycles. The molecule has 0 saturated heterocycles. The number of para-hydroxylation sites is 1. The summed E-state index contributed by atoms with van der Waals surface area (Å²) in [6, 6.07) is 12.3. The number of fused-ring (bicyclic) bond motifs is 1. The van der Waals surface area contributed by atoms with E-state index in [2.05, 4.69) is 33.9 Å². The number of aromatic nitrogens is 2. The number of nitrogens with one attached hydrogen (secondary N) is 1. The van der Waals surface area contributed by atoms with Crippen LogP contribution in [0.3, 0.4) is 0 Å². The Bertz CT molecular complexity index is 1000. The largest absolute Gasteiger partial charge is 0.464 e. The fraction of sp³-hybridized carbons (Fsp3) is 0.429. The van der Waals surface area contributed by atoms with Crippen molar-refractivity contribution in [1.29, 1.82) is 0 Å². The van der Waals surface area contributed by atoms with Crippen molar-refractivity contribution in [3.63, 3.8) is 0 Å². The molecular formula is C21H23N3O2. The standard InChI is InChI=1S/C21H23N3O2/c1-13-10-17(13)19-9-8-15(26-19)11-24(14-6-7-14)12-20-22-18-5-3-2-4-16(18)21(25)23-20/h2-5,8-9,13-14,17H,6-7,10-12H2,1H3,(H,22,23,25)/t13-,17-/m0/s1. The van der Waals surface area contributed by atoms with E-state index in [1.165, 1.54) is 19.3 Å². The number of nitrogens with zero attached hydrogens (tertiary/aromatic N) is 2. The molecule has 134 valence electrons. The first-order valence-corrected chi connectivity index (χ1v) is 9.48. The molecule has 2 fully saturated rings. The van der Waals surface area contributed by atoms with Crippen molar-refractivity contribution in [3.8, 4) is 0 Å². The summed E-state index contributed by atoms with van der Waals surface area (Å²) in [7, 11) is 0. The maximum atomic E-state index is 12.3. The molecule has 2 aliphatic carbocycles. The molecule has 0 radical (unpaired) electrons. The van der Waals surface area contributed by atoms with Crippen molar-refractivity contribution in [2.75, 3.05) is 0 Å². The Morgan fingerprint density at radius 1 is 1.19 bits per heavy atom. The highest BCUT2D eigenvalue weighted by atomic mass is 16.3. The van der Waals surface area contributed by atoms with E-state index in [1.807, 2.05) is 24.3 Å². The van der Waals surface area contributed by atoms with Gasteiger partial charge < -0.3 is 9.40 Å². The van der Waals surface area contributed by atoms with Crippen LogP contribution in [0.5, 0.6) is 0 Å². The lowest BCUT2D eigenvalue weighted by Gasteiger charge is -2.20. The molecule has 5 heteroatoms. The smallest absolute Gasteiger partial charge is 0.258 e.